The van der Waals surface area contributed by atoms with E-state index >= 15 is 0 Å². The first kappa shape index (κ1) is 19.8. The number of thioether (sulfide) groups is 1. The van der Waals surface area contributed by atoms with Crippen molar-refractivity contribution in [2.45, 2.75) is 18.2 Å². The molecule has 138 valence electrons. The molecule has 0 saturated heterocycles. The Bertz CT molecular complexity index is 747. The Labute approximate surface area is 158 Å². The lowest BCUT2D eigenvalue weighted by Gasteiger charge is -2.17. The molecule has 0 heterocycles. The molecule has 5 nitrogen and oxygen atoms in total. The van der Waals surface area contributed by atoms with E-state index in [0.717, 1.165) is 21.9 Å². The van der Waals surface area contributed by atoms with Crippen molar-refractivity contribution in [3.8, 4) is 5.75 Å². The molecular weight excluding hydrogens is 348 g/mol. The molecule has 0 bridgehead atoms. The monoisotopic (exact) mass is 372 g/mol. The first-order valence-electron chi connectivity index (χ1n) is 8.36. The van der Waals surface area contributed by atoms with Gasteiger partial charge in [-0.15, -0.1) is 11.8 Å². The molecular formula is C20H24N2O3S. The van der Waals surface area contributed by atoms with Gasteiger partial charge >= 0.3 is 0 Å². The maximum absolute atomic E-state index is 12.2. The van der Waals surface area contributed by atoms with Gasteiger partial charge in [0.05, 0.1) is 25.3 Å². The van der Waals surface area contributed by atoms with Crippen LogP contribution < -0.4 is 10.1 Å². The van der Waals surface area contributed by atoms with Crippen LogP contribution in [0.25, 0.3) is 0 Å². The predicted octanol–water partition coefficient (Wildman–Crippen LogP) is 3.58. The largest absolute Gasteiger partial charge is 0.493 e. The summed E-state index contributed by atoms with van der Waals surface area (Å²) in [7, 11) is 1.62. The van der Waals surface area contributed by atoms with Crippen LogP contribution in [0.15, 0.2) is 53.4 Å². The number of hydrogen-bond donors (Lipinski definition) is 1. The van der Waals surface area contributed by atoms with Gasteiger partial charge in [-0.1, -0.05) is 29.8 Å². The first-order chi connectivity index (χ1) is 12.5. The van der Waals surface area contributed by atoms with E-state index in [1.54, 1.807) is 18.8 Å². The van der Waals surface area contributed by atoms with Crippen molar-refractivity contribution in [1.29, 1.82) is 0 Å². The fraction of sp³-hybridized carbons (Fsp3) is 0.300. The summed E-state index contributed by atoms with van der Waals surface area (Å²) in [6.07, 6.45) is 2.17. The minimum absolute atomic E-state index is 0.00603. The molecule has 2 aromatic rings. The molecule has 0 spiro atoms. The van der Waals surface area contributed by atoms with Gasteiger partial charge in [0.1, 0.15) is 5.75 Å². The van der Waals surface area contributed by atoms with Gasteiger partial charge in [-0.3, -0.25) is 9.59 Å². The average molecular weight is 372 g/mol. The normalized spacial score (nSPS) is 10.3. The number of rotatable bonds is 8. The number of likely N-dealkylation sites (N-methyl/N-ethyl adjacent to an activating group) is 1. The summed E-state index contributed by atoms with van der Waals surface area (Å²) in [5, 5.41) is 2.85. The zero-order valence-corrected chi connectivity index (χ0v) is 16.1. The van der Waals surface area contributed by atoms with Crippen molar-refractivity contribution < 1.29 is 14.3 Å². The summed E-state index contributed by atoms with van der Waals surface area (Å²) < 4.78 is 5.56. The number of aryl methyl sites for hydroxylation is 1. The fourth-order valence-electron chi connectivity index (χ4n) is 2.32. The second-order valence-electron chi connectivity index (χ2n) is 5.91. The third kappa shape index (κ3) is 6.11. The van der Waals surface area contributed by atoms with Crippen molar-refractivity contribution in [3.63, 3.8) is 0 Å². The van der Waals surface area contributed by atoms with E-state index in [-0.39, 0.29) is 31.4 Å². The topological polar surface area (TPSA) is 58.6 Å². The lowest BCUT2D eigenvalue weighted by atomic mass is 10.2. The molecule has 2 rings (SSSR count). The lowest BCUT2D eigenvalue weighted by molar-refractivity contribution is -0.133. The lowest BCUT2D eigenvalue weighted by Crippen LogP contribution is -2.35. The Morgan fingerprint density at radius 1 is 1.12 bits per heavy atom. The third-order valence-corrected chi connectivity index (χ3v) is 4.59. The van der Waals surface area contributed by atoms with Crippen molar-refractivity contribution in [1.82, 2.24) is 4.90 Å². The molecule has 0 unspecified atom stereocenters. The maximum Gasteiger partial charge on any atom is 0.244 e. The standard InChI is InChI=1S/C20H24N2O3S/c1-15-8-10-16(11-9-15)25-13-12-20(24)22(2)14-19(23)21-17-6-4-5-7-18(17)26-3/h4-11H,12-14H2,1-3H3,(H,21,23). The Morgan fingerprint density at radius 3 is 2.50 bits per heavy atom. The number of para-hydroxylation sites is 1. The number of anilines is 1. The third-order valence-electron chi connectivity index (χ3n) is 3.79. The summed E-state index contributed by atoms with van der Waals surface area (Å²) in [5.41, 5.74) is 1.91. The second-order valence-corrected chi connectivity index (χ2v) is 6.76. The van der Waals surface area contributed by atoms with Gasteiger partial charge in [-0.05, 0) is 37.4 Å². The highest BCUT2D eigenvalue weighted by molar-refractivity contribution is 7.98. The summed E-state index contributed by atoms with van der Waals surface area (Å²) in [5.74, 6) is 0.379. The van der Waals surface area contributed by atoms with Crippen LogP contribution >= 0.6 is 11.8 Å². The quantitative estimate of drug-likeness (QED) is 0.720. The van der Waals surface area contributed by atoms with Gasteiger partial charge in [0.15, 0.2) is 0 Å². The zero-order chi connectivity index (χ0) is 18.9. The number of hydrogen-bond acceptors (Lipinski definition) is 4. The molecule has 6 heteroatoms. The maximum atomic E-state index is 12.2. The highest BCUT2D eigenvalue weighted by Gasteiger charge is 2.14. The van der Waals surface area contributed by atoms with Gasteiger partial charge in [-0.2, -0.15) is 0 Å². The van der Waals surface area contributed by atoms with E-state index in [1.165, 1.54) is 4.90 Å². The van der Waals surface area contributed by atoms with E-state index in [4.69, 9.17) is 4.74 Å². The number of benzene rings is 2. The van der Waals surface area contributed by atoms with Crippen molar-refractivity contribution in [2.75, 3.05) is 31.8 Å². The zero-order valence-electron chi connectivity index (χ0n) is 15.3. The Hall–Kier alpha value is -2.47. The Balaban J connectivity index is 1.77. The SMILES string of the molecule is CSc1ccccc1NC(=O)CN(C)C(=O)CCOc1ccc(C)cc1. The average Bonchev–Trinajstić information content (AvgIpc) is 2.63. The number of ether oxygens (including phenoxy) is 1. The number of nitrogens with zero attached hydrogens (tertiary/aromatic N) is 1. The molecule has 0 aliphatic heterocycles. The van der Waals surface area contributed by atoms with Crippen LogP contribution in [0.2, 0.25) is 0 Å². The number of carbonyl (C=O) groups is 2. The van der Waals surface area contributed by atoms with E-state index in [0.29, 0.717) is 0 Å². The number of amides is 2. The Kier molecular flexibility index (Phi) is 7.53. The molecule has 1 N–H and O–H groups in total. The van der Waals surface area contributed by atoms with E-state index in [9.17, 15) is 9.59 Å². The molecule has 0 aliphatic rings. The van der Waals surface area contributed by atoms with Gasteiger partial charge in [0.25, 0.3) is 0 Å². The molecule has 2 amide bonds. The molecule has 0 aromatic heterocycles. The highest BCUT2D eigenvalue weighted by Crippen LogP contribution is 2.24. The molecule has 0 aliphatic carbocycles. The Morgan fingerprint density at radius 2 is 1.81 bits per heavy atom. The molecule has 26 heavy (non-hydrogen) atoms. The fourth-order valence-corrected chi connectivity index (χ4v) is 2.88. The number of nitrogens with one attached hydrogen (secondary N) is 1. The van der Waals surface area contributed by atoms with E-state index < -0.39 is 0 Å². The number of carbonyl (C=O) groups excluding carboxylic acids is 2. The van der Waals surface area contributed by atoms with Crippen LogP contribution in [0.1, 0.15) is 12.0 Å². The highest BCUT2D eigenvalue weighted by atomic mass is 32.2. The van der Waals surface area contributed by atoms with Crippen LogP contribution in [0.5, 0.6) is 5.75 Å². The van der Waals surface area contributed by atoms with E-state index in [2.05, 4.69) is 5.32 Å². The summed E-state index contributed by atoms with van der Waals surface area (Å²) in [4.78, 5) is 26.7. The van der Waals surface area contributed by atoms with Gasteiger partial charge in [0, 0.05) is 11.9 Å². The summed E-state index contributed by atoms with van der Waals surface area (Å²) >= 11 is 1.56. The minimum Gasteiger partial charge on any atom is -0.493 e. The van der Waals surface area contributed by atoms with Gasteiger partial charge in [-0.25, -0.2) is 0 Å². The van der Waals surface area contributed by atoms with Crippen LogP contribution in [0.3, 0.4) is 0 Å². The van der Waals surface area contributed by atoms with Crippen LogP contribution in [0.4, 0.5) is 5.69 Å². The van der Waals surface area contributed by atoms with Crippen molar-refractivity contribution >= 4 is 29.3 Å². The smallest absolute Gasteiger partial charge is 0.244 e. The van der Waals surface area contributed by atoms with Crippen LogP contribution in [0, 0.1) is 6.92 Å². The first-order valence-corrected chi connectivity index (χ1v) is 9.58. The molecule has 2 aromatic carbocycles. The predicted molar refractivity (Wildman–Crippen MR) is 106 cm³/mol. The van der Waals surface area contributed by atoms with Crippen molar-refractivity contribution in [3.05, 3.63) is 54.1 Å². The van der Waals surface area contributed by atoms with Gasteiger partial charge < -0.3 is 15.0 Å². The van der Waals surface area contributed by atoms with Crippen molar-refractivity contribution in [2.24, 2.45) is 0 Å². The summed E-state index contributed by atoms with van der Waals surface area (Å²) in [6, 6.07) is 15.2. The summed E-state index contributed by atoms with van der Waals surface area (Å²) in [6.45, 7) is 2.29. The molecule has 0 radical (unpaired) electrons. The van der Waals surface area contributed by atoms with Gasteiger partial charge in [0.2, 0.25) is 11.8 Å². The van der Waals surface area contributed by atoms with E-state index in [1.807, 2.05) is 61.7 Å². The minimum atomic E-state index is -0.221. The second kappa shape index (κ2) is 9.87. The molecule has 0 saturated carbocycles. The molecule has 0 atom stereocenters. The van der Waals surface area contributed by atoms with Crippen LogP contribution in [-0.2, 0) is 9.59 Å². The van der Waals surface area contributed by atoms with Crippen LogP contribution in [-0.4, -0.2) is 43.2 Å². The molecule has 0 fully saturated rings.